The molecule has 760 valence electrons. The number of fused-ring (bicyclic) bond motifs is 4. The SMILES string of the molecule is C.C.Cc1cc(C(=O)Cc2cccc(C(=O)c3ccc4[nH]c(O)c(C=NC5=NCC=C5)c4c3)c2)n(C(C)(C)C)n1.Cc1cc(C(=O)Cc2cccc(C(=O)c3ccc4[nH]c(O)c(C=NC5=NCC=C5)c4c3)c2)n(C)n1.Cc1cc(C(=O)Cc2cccc(C(=O)c3ccc4[nH]c(O)c(C=Nc5cc(C)[nH]n5)c4c3)c2)n(C(C)(C)C)n1.Cc1cc(C(=O)Cc2cccc(C(=O)c3ccc4[nH]c(O)c(C=Nc5cc(C)[nH]n5)c4c3)c2)n(C)n1. The van der Waals surface area contributed by atoms with Crippen molar-refractivity contribution in [2.24, 2.45) is 44.0 Å². The van der Waals surface area contributed by atoms with Gasteiger partial charge >= 0.3 is 0 Å². The highest BCUT2D eigenvalue weighted by atomic mass is 16.3. The predicted molar refractivity (Wildman–Crippen MR) is 584 cm³/mol. The number of nitrogens with one attached hydrogen (secondary N) is 6. The van der Waals surface area contributed by atoms with Crippen LogP contribution in [0.4, 0.5) is 11.6 Å². The molecule has 0 saturated carbocycles. The van der Waals surface area contributed by atoms with Crippen LogP contribution in [0.3, 0.4) is 0 Å². The summed E-state index contributed by atoms with van der Waals surface area (Å²) in [6, 6.07) is 59.9. The highest BCUT2D eigenvalue weighted by molar-refractivity contribution is 6.18. The van der Waals surface area contributed by atoms with Gasteiger partial charge in [-0.15, -0.1) is 0 Å². The third-order valence-electron chi connectivity index (χ3n) is 24.6. The predicted octanol–water partition coefficient (Wildman–Crippen LogP) is 20.3. The summed E-state index contributed by atoms with van der Waals surface area (Å²) >= 11 is 0. The highest BCUT2D eigenvalue weighted by Gasteiger charge is 2.29. The molecule has 10 N–H and O–H groups in total. The molecule has 0 spiro atoms. The van der Waals surface area contributed by atoms with Gasteiger partial charge in [0.15, 0.2) is 81.4 Å². The monoisotopic (exact) mass is 2010 g/mol. The van der Waals surface area contributed by atoms with Crippen molar-refractivity contribution in [2.45, 2.75) is 135 Å². The molecule has 34 nitrogen and oxygen atoms in total. The molecule has 20 rings (SSSR count). The molecule has 18 aromatic rings. The van der Waals surface area contributed by atoms with Crippen LogP contribution in [-0.4, -0.2) is 196 Å². The molecule has 0 atom stereocenters. The first kappa shape index (κ1) is 106. The van der Waals surface area contributed by atoms with Crippen molar-refractivity contribution in [3.8, 4) is 23.5 Å². The Morgan fingerprint density at radius 2 is 0.593 bits per heavy atom. The molecule has 0 fully saturated rings. The number of aromatic nitrogens is 16. The van der Waals surface area contributed by atoms with Gasteiger partial charge in [-0.25, -0.2) is 20.0 Å². The van der Waals surface area contributed by atoms with E-state index in [1.165, 1.54) is 12.4 Å². The van der Waals surface area contributed by atoms with Gasteiger partial charge in [0.05, 0.1) is 69.2 Å². The molecule has 0 unspecified atom stereocenters. The van der Waals surface area contributed by atoms with Gasteiger partial charge < -0.3 is 40.4 Å². The minimum Gasteiger partial charge on any atom is -0.494 e. The highest BCUT2D eigenvalue weighted by Crippen LogP contribution is 2.35. The number of rotatable bonds is 26. The summed E-state index contributed by atoms with van der Waals surface area (Å²) in [5, 5.41) is 75.6. The van der Waals surface area contributed by atoms with Crippen molar-refractivity contribution < 1.29 is 58.8 Å². The fraction of sp³-hybridized carbons (Fsp3) is 0.207. The summed E-state index contributed by atoms with van der Waals surface area (Å²) in [4.78, 5) is 143. The van der Waals surface area contributed by atoms with Crippen LogP contribution >= 0.6 is 0 Å². The summed E-state index contributed by atoms with van der Waals surface area (Å²) in [6.45, 7) is 24.4. The number of aryl methyl sites for hydroxylation is 8. The molecule has 34 heteroatoms. The van der Waals surface area contributed by atoms with Crippen molar-refractivity contribution in [3.63, 3.8) is 0 Å². The molecule has 0 saturated heterocycles. The Labute approximate surface area is 863 Å². The van der Waals surface area contributed by atoms with E-state index in [1.807, 2.05) is 132 Å². The zero-order valence-electron chi connectivity index (χ0n) is 83.7. The van der Waals surface area contributed by atoms with Gasteiger partial charge in [-0.2, -0.15) is 30.6 Å². The number of hydrogen-bond acceptors (Lipinski definition) is 24. The number of Topliss-reactive ketones (excluding diaryl/α,β-unsaturated/α-hetero) is 4. The van der Waals surface area contributed by atoms with E-state index in [-0.39, 0.29) is 121 Å². The summed E-state index contributed by atoms with van der Waals surface area (Å²) in [5.74, 6) is 1.02. The van der Waals surface area contributed by atoms with Crippen LogP contribution in [0.5, 0.6) is 23.5 Å². The molecule has 10 aromatic heterocycles. The van der Waals surface area contributed by atoms with Gasteiger partial charge in [-0.1, -0.05) is 99.8 Å². The molecule has 0 amide bonds. The normalized spacial score (nSPS) is 12.4. The van der Waals surface area contributed by atoms with Crippen LogP contribution in [0.25, 0.3) is 43.6 Å². The molecular weight excluding hydrogens is 1890 g/mol. The maximum absolute atomic E-state index is 13.5. The number of ketones is 8. The third kappa shape index (κ3) is 24.1. The molecule has 2 aliphatic rings. The first-order valence-electron chi connectivity index (χ1n) is 47.6. The summed E-state index contributed by atoms with van der Waals surface area (Å²) < 4.78 is 6.67. The number of hydrogen-bond donors (Lipinski definition) is 10. The molecule has 0 aliphatic carbocycles. The van der Waals surface area contributed by atoms with Crippen molar-refractivity contribution in [1.29, 1.82) is 0 Å². The van der Waals surface area contributed by atoms with Crippen molar-refractivity contribution in [1.82, 2.24) is 79.5 Å². The van der Waals surface area contributed by atoms with E-state index >= 15 is 0 Å². The number of H-pyrrole nitrogens is 6. The number of aromatic amines is 6. The lowest BCUT2D eigenvalue weighted by atomic mass is 9.97. The smallest absolute Gasteiger partial charge is 0.198 e. The van der Waals surface area contributed by atoms with E-state index in [0.29, 0.717) is 170 Å². The number of carbonyl (C=O) groups is 8. The van der Waals surface area contributed by atoms with Crippen LogP contribution in [0.2, 0.25) is 0 Å². The topological polar surface area (TPSA) is 483 Å². The number of aromatic hydroxyl groups is 4. The number of carbonyl (C=O) groups excluding carboxylic acids is 8. The van der Waals surface area contributed by atoms with Crippen LogP contribution in [-0.2, 0) is 50.9 Å². The summed E-state index contributed by atoms with van der Waals surface area (Å²) in [5.41, 5.74) is 17.8. The largest absolute Gasteiger partial charge is 0.494 e. The quantitative estimate of drug-likeness (QED) is 0.0178. The van der Waals surface area contributed by atoms with Gasteiger partial charge in [0.2, 0.25) is 0 Å². The average Bonchev–Trinajstić information content (AvgIpc) is 1.64. The maximum Gasteiger partial charge on any atom is 0.198 e. The van der Waals surface area contributed by atoms with E-state index in [0.717, 1.165) is 56.4 Å². The van der Waals surface area contributed by atoms with Gasteiger partial charge in [-0.05, 0) is 239 Å². The Bertz CT molecular complexity index is 8600. The maximum atomic E-state index is 13.5. The average molecular weight is 2010 g/mol. The number of nitrogens with zero attached hydrogens (tertiary/aromatic N) is 16. The number of aliphatic imine (C=N–C) groups is 6. The minimum atomic E-state index is -0.330. The Hall–Kier alpha value is -18.8. The van der Waals surface area contributed by atoms with E-state index in [2.05, 4.69) is 90.7 Å². The molecule has 0 radical (unpaired) electrons. The van der Waals surface area contributed by atoms with Crippen LogP contribution in [0, 0.1) is 41.5 Å². The van der Waals surface area contributed by atoms with Gasteiger partial charge in [0, 0.05) is 176 Å². The second-order valence-corrected chi connectivity index (χ2v) is 38.3. The fourth-order valence-electron chi connectivity index (χ4n) is 17.4. The van der Waals surface area contributed by atoms with Crippen molar-refractivity contribution in [3.05, 3.63) is 377 Å². The van der Waals surface area contributed by atoms with Crippen molar-refractivity contribution >= 4 is 138 Å². The zero-order valence-corrected chi connectivity index (χ0v) is 83.7. The standard InChI is InChI=1S/C30H30N6O3.C30H29N5O3.C27H24N6O3.C27H23N5O3.2CH4/c1-17-12-27(34-33-17)31-16-23-22-15-21(9-10-24(22)32-29(23)39)28(38)20-8-6-7-19(13-20)14-26(37)25-11-18(2)35-36(25)30(3,4)5;1-18-13-25(35(34-18)30(2,3)4)26(36)15-19-7-5-8-20(14-19)28(37)21-10-11-24-22(16-21)23(29(38)33-24)17-32-27-9-6-12-31-27;1-15-10-25(31-30-15)28-14-21-20-13-19(7-8-22(20)29-27(21)36)26(35)18-6-4-5-17(11-18)12-24(34)23-9-16(2)32-33(23)3;1-16-11-23(32(2)31-16)24(33)13-17-5-3-6-18(12-17)26(34)19-8-9-22-20(14-19)21(27(35)30-22)15-29-25-7-4-10-28-25;;/h6-13,15-16,32,39H,14H2,1-5H3,(H,33,34);5-11,13-14,16-17,33,38H,12,15H2,1-4H3;4-11,13-14,29,36H,12H2,1-3H3,(H,30,31);3-9,11-12,14-15,30,35H,10,13H2,1-2H3;2*1H4. The first-order valence-corrected chi connectivity index (χ1v) is 47.6. The Morgan fingerprint density at radius 1 is 0.333 bits per heavy atom. The fourth-order valence-corrected chi connectivity index (χ4v) is 17.4. The Kier molecular flexibility index (Phi) is 31.3. The lowest BCUT2D eigenvalue weighted by Gasteiger charge is -2.22. The van der Waals surface area contributed by atoms with E-state index in [9.17, 15) is 58.8 Å². The lowest BCUT2D eigenvalue weighted by molar-refractivity contribution is 0.0967. The second kappa shape index (κ2) is 44.4. The molecule has 2 aliphatic heterocycles. The number of benzene rings is 8. The van der Waals surface area contributed by atoms with Gasteiger partial charge in [0.1, 0.15) is 34.4 Å². The van der Waals surface area contributed by atoms with Crippen molar-refractivity contribution in [2.75, 3.05) is 13.1 Å². The molecule has 8 aromatic carbocycles. The Balaban J connectivity index is 0.000000149. The van der Waals surface area contributed by atoms with E-state index in [1.54, 1.807) is 227 Å². The molecule has 12 heterocycles. The minimum absolute atomic E-state index is 0. The molecule has 150 heavy (non-hydrogen) atoms. The summed E-state index contributed by atoms with van der Waals surface area (Å²) in [7, 11) is 3.48. The van der Waals surface area contributed by atoms with E-state index < -0.39 is 0 Å². The third-order valence-corrected chi connectivity index (χ3v) is 24.6. The van der Waals surface area contributed by atoms with Crippen LogP contribution in [0.15, 0.2) is 261 Å². The van der Waals surface area contributed by atoms with Crippen LogP contribution < -0.4 is 0 Å². The lowest BCUT2D eigenvalue weighted by Crippen LogP contribution is -2.27. The second-order valence-electron chi connectivity index (χ2n) is 38.3. The first-order chi connectivity index (χ1) is 70.8. The van der Waals surface area contributed by atoms with E-state index in [4.69, 9.17) is 0 Å². The van der Waals surface area contributed by atoms with Gasteiger partial charge in [0.25, 0.3) is 0 Å². The van der Waals surface area contributed by atoms with Gasteiger partial charge in [-0.3, -0.25) is 77.3 Å². The summed E-state index contributed by atoms with van der Waals surface area (Å²) in [6.07, 6.45) is 14.2. The number of amidine groups is 2. The van der Waals surface area contributed by atoms with Crippen LogP contribution in [0.1, 0.15) is 241 Å². The molecule has 0 bridgehead atoms. The Morgan fingerprint density at radius 3 is 0.840 bits per heavy atom. The zero-order chi connectivity index (χ0) is 105. The molecular formula is C116H114N22O12.